The Morgan fingerprint density at radius 1 is 0.727 bits per heavy atom. The first-order valence-corrected chi connectivity index (χ1v) is 10.6. The van der Waals surface area contributed by atoms with E-state index in [0.29, 0.717) is 35.8 Å². The van der Waals surface area contributed by atoms with E-state index in [1.165, 1.54) is 0 Å². The zero-order valence-electron chi connectivity index (χ0n) is 19.2. The van der Waals surface area contributed by atoms with Gasteiger partial charge in [0.2, 0.25) is 0 Å². The third kappa shape index (κ3) is 7.28. The zero-order valence-corrected chi connectivity index (χ0v) is 19.2. The van der Waals surface area contributed by atoms with Crippen LogP contribution in [0.15, 0.2) is 66.7 Å². The molecule has 3 aromatic rings. The highest BCUT2D eigenvalue weighted by atomic mass is 16.5. The molecule has 0 amide bonds. The third-order valence-corrected chi connectivity index (χ3v) is 4.71. The molecule has 33 heavy (non-hydrogen) atoms. The van der Waals surface area contributed by atoms with Gasteiger partial charge in [-0.2, -0.15) is 0 Å². The summed E-state index contributed by atoms with van der Waals surface area (Å²) in [6.45, 7) is 7.11. The van der Waals surface area contributed by atoms with Crippen LogP contribution in [0.1, 0.15) is 43.0 Å². The highest BCUT2D eigenvalue weighted by molar-refractivity contribution is 5.95. The third-order valence-electron chi connectivity index (χ3n) is 4.71. The molecule has 0 saturated heterocycles. The number of hydrogen-bond acceptors (Lipinski definition) is 5. The number of nitrogens with two attached hydrogens (primary N) is 2. The highest BCUT2D eigenvalue weighted by Crippen LogP contribution is 2.23. The van der Waals surface area contributed by atoms with Gasteiger partial charge in [-0.15, -0.1) is 0 Å². The van der Waals surface area contributed by atoms with Crippen LogP contribution in [0, 0.1) is 10.8 Å². The molecule has 0 fully saturated rings. The predicted molar refractivity (Wildman–Crippen MR) is 133 cm³/mol. The second-order valence-electron chi connectivity index (χ2n) is 8.87. The SMILES string of the molecule is CC(C)(C)Nc1cc(COc2ccc(C(=N)N)cc2)cc(COc2ccc(C(=N)N)cc2)c1. The van der Waals surface area contributed by atoms with Gasteiger partial charge in [-0.25, -0.2) is 0 Å². The van der Waals surface area contributed by atoms with E-state index in [1.807, 2.05) is 24.3 Å². The summed E-state index contributed by atoms with van der Waals surface area (Å²) < 4.78 is 11.9. The summed E-state index contributed by atoms with van der Waals surface area (Å²) in [5.74, 6) is 1.47. The first-order chi connectivity index (χ1) is 15.6. The zero-order chi connectivity index (χ0) is 24.0. The van der Waals surface area contributed by atoms with Gasteiger partial charge in [-0.05, 0) is 98.6 Å². The normalized spacial score (nSPS) is 11.0. The van der Waals surface area contributed by atoms with Gasteiger partial charge in [0.15, 0.2) is 0 Å². The van der Waals surface area contributed by atoms with Crippen LogP contribution < -0.4 is 26.3 Å². The molecule has 7 N–H and O–H groups in total. The maximum Gasteiger partial charge on any atom is 0.122 e. The summed E-state index contributed by atoms with van der Waals surface area (Å²) in [5, 5.41) is 18.5. The molecule has 0 aromatic heterocycles. The average molecular weight is 446 g/mol. The van der Waals surface area contributed by atoms with Gasteiger partial charge in [-0.3, -0.25) is 10.8 Å². The summed E-state index contributed by atoms with van der Waals surface area (Å²) in [4.78, 5) is 0. The van der Waals surface area contributed by atoms with E-state index >= 15 is 0 Å². The lowest BCUT2D eigenvalue weighted by Gasteiger charge is -2.23. The van der Waals surface area contributed by atoms with Crippen LogP contribution >= 0.6 is 0 Å². The van der Waals surface area contributed by atoms with Crippen molar-refractivity contribution in [3.63, 3.8) is 0 Å². The quantitative estimate of drug-likeness (QED) is 0.242. The van der Waals surface area contributed by atoms with E-state index in [4.69, 9.17) is 31.8 Å². The van der Waals surface area contributed by atoms with Gasteiger partial charge in [-0.1, -0.05) is 0 Å². The first kappa shape index (κ1) is 23.7. The van der Waals surface area contributed by atoms with Crippen molar-refractivity contribution in [2.45, 2.75) is 39.5 Å². The number of ether oxygens (including phenoxy) is 2. The van der Waals surface area contributed by atoms with Gasteiger partial charge in [0.25, 0.3) is 0 Å². The lowest BCUT2D eigenvalue weighted by atomic mass is 10.1. The molecule has 0 radical (unpaired) electrons. The van der Waals surface area contributed by atoms with Crippen LogP contribution in [0.3, 0.4) is 0 Å². The van der Waals surface area contributed by atoms with Crippen molar-refractivity contribution in [2.24, 2.45) is 11.5 Å². The van der Waals surface area contributed by atoms with E-state index in [1.54, 1.807) is 24.3 Å². The fraction of sp³-hybridized carbons (Fsp3) is 0.231. The number of rotatable bonds is 9. The summed E-state index contributed by atoms with van der Waals surface area (Å²) in [6.07, 6.45) is 0. The van der Waals surface area contributed by atoms with Crippen LogP contribution in [-0.4, -0.2) is 17.2 Å². The van der Waals surface area contributed by atoms with Crippen molar-refractivity contribution in [3.05, 3.63) is 89.0 Å². The molecule has 3 aromatic carbocycles. The molecule has 172 valence electrons. The second-order valence-corrected chi connectivity index (χ2v) is 8.87. The minimum atomic E-state index is -0.0946. The lowest BCUT2D eigenvalue weighted by Crippen LogP contribution is -2.26. The van der Waals surface area contributed by atoms with Crippen LogP contribution in [-0.2, 0) is 13.2 Å². The Morgan fingerprint density at radius 2 is 1.12 bits per heavy atom. The second kappa shape index (κ2) is 10.1. The molecule has 7 nitrogen and oxygen atoms in total. The topological polar surface area (TPSA) is 130 Å². The molecule has 0 saturated carbocycles. The molecule has 0 heterocycles. The van der Waals surface area contributed by atoms with E-state index in [9.17, 15) is 0 Å². The summed E-state index contributed by atoms with van der Waals surface area (Å²) in [6, 6.07) is 20.5. The van der Waals surface area contributed by atoms with Crippen LogP contribution in [0.4, 0.5) is 5.69 Å². The number of amidine groups is 2. The maximum atomic E-state index is 7.50. The smallest absolute Gasteiger partial charge is 0.122 e. The standard InChI is InChI=1S/C26H31N5O2/c1-26(2,3)31-21-13-17(15-32-22-8-4-19(5-9-22)24(27)28)12-18(14-21)16-33-23-10-6-20(7-11-23)25(29)30/h4-14,31H,15-16H2,1-3H3,(H3,27,28)(H3,29,30). The molecular formula is C26H31N5O2. The van der Waals surface area contributed by atoms with Crippen molar-refractivity contribution in [3.8, 4) is 11.5 Å². The van der Waals surface area contributed by atoms with Crippen LogP contribution in [0.5, 0.6) is 11.5 Å². The molecule has 0 bridgehead atoms. The van der Waals surface area contributed by atoms with Crippen molar-refractivity contribution >= 4 is 17.4 Å². The fourth-order valence-electron chi connectivity index (χ4n) is 3.23. The summed E-state index contributed by atoms with van der Waals surface area (Å²) >= 11 is 0. The van der Waals surface area contributed by atoms with E-state index < -0.39 is 0 Å². The Balaban J connectivity index is 1.73. The Kier molecular flexibility index (Phi) is 7.23. The van der Waals surface area contributed by atoms with Gasteiger partial charge < -0.3 is 26.3 Å². The molecule has 3 rings (SSSR count). The number of nitrogens with one attached hydrogen (secondary N) is 3. The molecule has 7 heteroatoms. The Hall–Kier alpha value is -4.00. The van der Waals surface area contributed by atoms with Crippen LogP contribution in [0.25, 0.3) is 0 Å². The minimum absolute atomic E-state index is 0.0306. The number of anilines is 1. The fourth-order valence-corrected chi connectivity index (χ4v) is 3.23. The van der Waals surface area contributed by atoms with E-state index in [0.717, 1.165) is 16.8 Å². The van der Waals surface area contributed by atoms with E-state index in [-0.39, 0.29) is 17.2 Å². The largest absolute Gasteiger partial charge is 0.489 e. The molecule has 0 atom stereocenters. The lowest BCUT2D eigenvalue weighted by molar-refractivity contribution is 0.300. The molecule has 0 aliphatic carbocycles. The van der Waals surface area contributed by atoms with Crippen molar-refractivity contribution in [1.29, 1.82) is 10.8 Å². The molecule has 0 aliphatic rings. The van der Waals surface area contributed by atoms with Crippen molar-refractivity contribution < 1.29 is 9.47 Å². The summed E-state index contributed by atoms with van der Waals surface area (Å²) in [7, 11) is 0. The molecule has 0 aliphatic heterocycles. The first-order valence-electron chi connectivity index (χ1n) is 10.6. The Bertz CT molecular complexity index is 1040. The van der Waals surface area contributed by atoms with Gasteiger partial charge in [0.05, 0.1) is 0 Å². The summed E-state index contributed by atoms with van der Waals surface area (Å²) in [5.41, 5.74) is 15.3. The average Bonchev–Trinajstić information content (AvgIpc) is 2.75. The van der Waals surface area contributed by atoms with Crippen LogP contribution in [0.2, 0.25) is 0 Å². The molecule has 0 unspecified atom stereocenters. The maximum absolute atomic E-state index is 7.50. The molecular weight excluding hydrogens is 414 g/mol. The van der Waals surface area contributed by atoms with Crippen molar-refractivity contribution in [2.75, 3.05) is 5.32 Å². The van der Waals surface area contributed by atoms with E-state index in [2.05, 4.69) is 44.3 Å². The van der Waals surface area contributed by atoms with Gasteiger partial charge >= 0.3 is 0 Å². The monoisotopic (exact) mass is 445 g/mol. The number of hydrogen-bond donors (Lipinski definition) is 5. The number of nitrogen functional groups attached to an aromatic ring is 2. The molecule has 0 spiro atoms. The highest BCUT2D eigenvalue weighted by Gasteiger charge is 2.12. The minimum Gasteiger partial charge on any atom is -0.489 e. The van der Waals surface area contributed by atoms with Gasteiger partial charge in [0.1, 0.15) is 36.4 Å². The number of benzene rings is 3. The predicted octanol–water partition coefficient (Wildman–Crippen LogP) is 4.62. The Morgan fingerprint density at radius 3 is 1.45 bits per heavy atom. The van der Waals surface area contributed by atoms with Gasteiger partial charge in [0, 0.05) is 22.4 Å². The van der Waals surface area contributed by atoms with Crippen molar-refractivity contribution in [1.82, 2.24) is 0 Å². The Labute approximate surface area is 194 Å².